The van der Waals surface area contributed by atoms with E-state index in [4.69, 9.17) is 14.9 Å². The van der Waals surface area contributed by atoms with Gasteiger partial charge in [-0.3, -0.25) is 4.79 Å². The van der Waals surface area contributed by atoms with Gasteiger partial charge in [0, 0.05) is 11.8 Å². The molecular formula is C13H14N2O3. The third kappa shape index (κ3) is 2.45. The minimum atomic E-state index is -0.310. The van der Waals surface area contributed by atoms with E-state index in [-0.39, 0.29) is 11.7 Å². The number of benzene rings is 1. The third-order valence-corrected chi connectivity index (χ3v) is 2.46. The number of nitrogen functional groups attached to an aromatic ring is 1. The maximum Gasteiger partial charge on any atom is 0.291 e. The second-order valence-corrected chi connectivity index (χ2v) is 3.82. The Morgan fingerprint density at radius 3 is 2.72 bits per heavy atom. The van der Waals surface area contributed by atoms with Gasteiger partial charge in [0.15, 0.2) is 5.76 Å². The molecule has 0 spiro atoms. The van der Waals surface area contributed by atoms with Gasteiger partial charge in [-0.1, -0.05) is 0 Å². The minimum Gasteiger partial charge on any atom is -0.495 e. The molecule has 2 rings (SSSR count). The Kier molecular flexibility index (Phi) is 3.23. The van der Waals surface area contributed by atoms with Gasteiger partial charge in [-0.2, -0.15) is 0 Å². The highest BCUT2D eigenvalue weighted by Gasteiger charge is 2.11. The summed E-state index contributed by atoms with van der Waals surface area (Å²) in [6.45, 7) is 1.78. The fraction of sp³-hybridized carbons (Fsp3) is 0.154. The van der Waals surface area contributed by atoms with E-state index in [0.29, 0.717) is 22.9 Å². The maximum absolute atomic E-state index is 11.8. The van der Waals surface area contributed by atoms with Gasteiger partial charge in [0.2, 0.25) is 0 Å². The average Bonchev–Trinajstić information content (AvgIpc) is 2.78. The molecule has 3 N–H and O–H groups in total. The predicted molar refractivity (Wildman–Crippen MR) is 68.8 cm³/mol. The number of aryl methyl sites for hydroxylation is 1. The van der Waals surface area contributed by atoms with Crippen LogP contribution < -0.4 is 15.8 Å². The standard InChI is InChI=1S/C13H14N2O3/c1-8-3-6-11(18-8)13(16)15-9-4-5-10(14)12(7-9)17-2/h3-7H,14H2,1-2H3,(H,15,16). The van der Waals surface area contributed by atoms with Crippen molar-refractivity contribution >= 4 is 17.3 Å². The molecule has 0 unspecified atom stereocenters. The average molecular weight is 246 g/mol. The summed E-state index contributed by atoms with van der Waals surface area (Å²) in [5.74, 6) is 1.16. The number of amides is 1. The summed E-state index contributed by atoms with van der Waals surface area (Å²) in [4.78, 5) is 11.8. The van der Waals surface area contributed by atoms with E-state index in [1.807, 2.05) is 0 Å². The predicted octanol–water partition coefficient (Wildman–Crippen LogP) is 2.43. The van der Waals surface area contributed by atoms with Crippen LogP contribution in [0.5, 0.6) is 5.75 Å². The van der Waals surface area contributed by atoms with Crippen molar-refractivity contribution in [2.75, 3.05) is 18.2 Å². The second kappa shape index (κ2) is 4.83. The van der Waals surface area contributed by atoms with Gasteiger partial charge < -0.3 is 20.2 Å². The summed E-state index contributed by atoms with van der Waals surface area (Å²) in [6.07, 6.45) is 0. The Hall–Kier alpha value is -2.43. The first-order valence-electron chi connectivity index (χ1n) is 5.41. The zero-order valence-corrected chi connectivity index (χ0v) is 10.2. The lowest BCUT2D eigenvalue weighted by Gasteiger charge is -2.08. The lowest BCUT2D eigenvalue weighted by molar-refractivity contribution is 0.0995. The van der Waals surface area contributed by atoms with Crippen LogP contribution in [-0.4, -0.2) is 13.0 Å². The van der Waals surface area contributed by atoms with E-state index in [2.05, 4.69) is 5.32 Å². The van der Waals surface area contributed by atoms with Gasteiger partial charge in [0.05, 0.1) is 12.8 Å². The molecule has 1 aromatic carbocycles. The molecule has 0 atom stereocenters. The Balaban J connectivity index is 2.16. The lowest BCUT2D eigenvalue weighted by atomic mass is 10.2. The molecule has 0 saturated heterocycles. The van der Waals surface area contributed by atoms with Crippen LogP contribution >= 0.6 is 0 Å². The monoisotopic (exact) mass is 246 g/mol. The number of ether oxygens (including phenoxy) is 1. The SMILES string of the molecule is COc1cc(NC(=O)c2ccc(C)o2)ccc1N. The number of carbonyl (C=O) groups is 1. The molecule has 94 valence electrons. The Morgan fingerprint density at radius 1 is 1.33 bits per heavy atom. The van der Waals surface area contributed by atoms with E-state index < -0.39 is 0 Å². The summed E-state index contributed by atoms with van der Waals surface area (Å²) in [5.41, 5.74) is 6.80. The normalized spacial score (nSPS) is 10.1. The summed E-state index contributed by atoms with van der Waals surface area (Å²) in [6, 6.07) is 8.38. The Labute approximate surface area is 105 Å². The first-order valence-corrected chi connectivity index (χ1v) is 5.41. The molecular weight excluding hydrogens is 232 g/mol. The highest BCUT2D eigenvalue weighted by atomic mass is 16.5. The molecule has 0 aliphatic rings. The van der Waals surface area contributed by atoms with E-state index in [1.165, 1.54) is 7.11 Å². The summed E-state index contributed by atoms with van der Waals surface area (Å²) >= 11 is 0. The molecule has 1 heterocycles. The Bertz CT molecular complexity index is 575. The number of hydrogen-bond donors (Lipinski definition) is 2. The number of anilines is 2. The molecule has 0 radical (unpaired) electrons. The zero-order chi connectivity index (χ0) is 13.1. The maximum atomic E-state index is 11.8. The van der Waals surface area contributed by atoms with Crippen LogP contribution in [0.2, 0.25) is 0 Å². The molecule has 0 bridgehead atoms. The second-order valence-electron chi connectivity index (χ2n) is 3.82. The quantitative estimate of drug-likeness (QED) is 0.815. The van der Waals surface area contributed by atoms with Crippen molar-refractivity contribution < 1.29 is 13.9 Å². The number of nitrogens with two attached hydrogens (primary N) is 1. The first-order chi connectivity index (χ1) is 8.60. The number of hydrogen-bond acceptors (Lipinski definition) is 4. The molecule has 2 aromatic rings. The summed E-state index contributed by atoms with van der Waals surface area (Å²) < 4.78 is 10.3. The zero-order valence-electron chi connectivity index (χ0n) is 10.2. The van der Waals surface area contributed by atoms with Crippen molar-refractivity contribution in [1.29, 1.82) is 0 Å². The van der Waals surface area contributed by atoms with Gasteiger partial charge in [-0.25, -0.2) is 0 Å². The van der Waals surface area contributed by atoms with Crippen LogP contribution in [-0.2, 0) is 0 Å². The van der Waals surface area contributed by atoms with Gasteiger partial charge in [-0.15, -0.1) is 0 Å². The van der Waals surface area contributed by atoms with Crippen LogP contribution in [0.4, 0.5) is 11.4 Å². The van der Waals surface area contributed by atoms with Crippen LogP contribution in [0.15, 0.2) is 34.7 Å². The van der Waals surface area contributed by atoms with Crippen molar-refractivity contribution in [2.45, 2.75) is 6.92 Å². The minimum absolute atomic E-state index is 0.267. The lowest BCUT2D eigenvalue weighted by Crippen LogP contribution is -2.11. The fourth-order valence-electron chi connectivity index (χ4n) is 1.54. The molecule has 0 aliphatic heterocycles. The first kappa shape index (κ1) is 12.0. The highest BCUT2D eigenvalue weighted by molar-refractivity contribution is 6.02. The van der Waals surface area contributed by atoms with Crippen molar-refractivity contribution in [3.8, 4) is 5.75 Å². The molecule has 0 fully saturated rings. The van der Waals surface area contributed by atoms with Crippen LogP contribution in [0.25, 0.3) is 0 Å². The summed E-state index contributed by atoms with van der Waals surface area (Å²) in [7, 11) is 1.52. The van der Waals surface area contributed by atoms with Crippen molar-refractivity contribution in [2.24, 2.45) is 0 Å². The van der Waals surface area contributed by atoms with Gasteiger partial charge in [0.1, 0.15) is 11.5 Å². The van der Waals surface area contributed by atoms with Crippen LogP contribution in [0.1, 0.15) is 16.3 Å². The Morgan fingerprint density at radius 2 is 2.11 bits per heavy atom. The van der Waals surface area contributed by atoms with E-state index in [1.54, 1.807) is 37.3 Å². The number of nitrogens with one attached hydrogen (secondary N) is 1. The number of methoxy groups -OCH3 is 1. The van der Waals surface area contributed by atoms with Crippen molar-refractivity contribution in [1.82, 2.24) is 0 Å². The third-order valence-electron chi connectivity index (χ3n) is 2.46. The molecule has 0 aliphatic carbocycles. The van der Waals surface area contributed by atoms with E-state index >= 15 is 0 Å². The largest absolute Gasteiger partial charge is 0.495 e. The van der Waals surface area contributed by atoms with Gasteiger partial charge in [0.25, 0.3) is 5.91 Å². The highest BCUT2D eigenvalue weighted by Crippen LogP contribution is 2.25. The van der Waals surface area contributed by atoms with Gasteiger partial charge >= 0.3 is 0 Å². The fourth-order valence-corrected chi connectivity index (χ4v) is 1.54. The van der Waals surface area contributed by atoms with Crippen LogP contribution in [0, 0.1) is 6.92 Å². The van der Waals surface area contributed by atoms with Gasteiger partial charge in [-0.05, 0) is 31.2 Å². The summed E-state index contributed by atoms with van der Waals surface area (Å²) in [5, 5.41) is 2.71. The topological polar surface area (TPSA) is 77.5 Å². The number of carbonyl (C=O) groups excluding carboxylic acids is 1. The number of furan rings is 1. The molecule has 5 heteroatoms. The van der Waals surface area contributed by atoms with E-state index in [9.17, 15) is 4.79 Å². The molecule has 5 nitrogen and oxygen atoms in total. The number of rotatable bonds is 3. The molecule has 1 amide bonds. The molecule has 18 heavy (non-hydrogen) atoms. The molecule has 0 saturated carbocycles. The smallest absolute Gasteiger partial charge is 0.291 e. The van der Waals surface area contributed by atoms with Crippen LogP contribution in [0.3, 0.4) is 0 Å². The van der Waals surface area contributed by atoms with Crippen molar-refractivity contribution in [3.63, 3.8) is 0 Å². The van der Waals surface area contributed by atoms with E-state index in [0.717, 1.165) is 0 Å². The molecule has 1 aromatic heterocycles. The van der Waals surface area contributed by atoms with Crippen molar-refractivity contribution in [3.05, 3.63) is 41.9 Å².